The summed E-state index contributed by atoms with van der Waals surface area (Å²) in [6.07, 6.45) is 5.08. The van der Waals surface area contributed by atoms with E-state index in [1.807, 2.05) is 30.3 Å². The van der Waals surface area contributed by atoms with E-state index in [2.05, 4.69) is 5.32 Å². The molecule has 0 spiro atoms. The van der Waals surface area contributed by atoms with Gasteiger partial charge in [0, 0.05) is 25.1 Å². The van der Waals surface area contributed by atoms with Crippen molar-refractivity contribution in [3.8, 4) is 11.5 Å². The van der Waals surface area contributed by atoms with E-state index in [-0.39, 0.29) is 35.5 Å². The number of hydrogen-bond acceptors (Lipinski definition) is 6. The number of rotatable bonds is 12. The molecule has 1 aliphatic carbocycles. The van der Waals surface area contributed by atoms with E-state index in [4.69, 9.17) is 32.7 Å². The van der Waals surface area contributed by atoms with Gasteiger partial charge in [-0.15, -0.1) is 0 Å². The predicted molar refractivity (Wildman–Crippen MR) is 194 cm³/mol. The number of fused-ring (bicyclic) bond motifs is 1. The molecule has 0 saturated heterocycles. The normalized spacial score (nSPS) is 15.2. The lowest BCUT2D eigenvalue weighted by molar-refractivity contribution is -0.140. The van der Waals surface area contributed by atoms with Gasteiger partial charge in [0.2, 0.25) is 11.8 Å². The third-order valence-electron chi connectivity index (χ3n) is 8.98. The highest BCUT2D eigenvalue weighted by Gasteiger charge is 2.36. The molecule has 1 atom stereocenters. The number of carbonyl (C=O) groups is 2. The van der Waals surface area contributed by atoms with Crippen LogP contribution in [0.3, 0.4) is 0 Å². The number of amides is 2. The van der Waals surface area contributed by atoms with Crippen molar-refractivity contribution >= 4 is 50.7 Å². The molecule has 6 rings (SSSR count). The molecule has 0 radical (unpaired) electrons. The minimum atomic E-state index is -4.27. The highest BCUT2D eigenvalue weighted by atomic mass is 35.5. The second-order valence-electron chi connectivity index (χ2n) is 12.5. The molecule has 4 aromatic rings. The first-order valence-electron chi connectivity index (χ1n) is 16.7. The first kappa shape index (κ1) is 35.6. The predicted octanol–water partition coefficient (Wildman–Crippen LogP) is 7.05. The topological polar surface area (TPSA) is 105 Å². The van der Waals surface area contributed by atoms with Crippen LogP contribution in [0.15, 0.2) is 102 Å². The summed E-state index contributed by atoms with van der Waals surface area (Å²) in [6, 6.07) is 26.2. The number of halogens is 2. The Kier molecular flexibility index (Phi) is 11.5. The molecule has 1 aliphatic heterocycles. The molecule has 1 N–H and O–H groups in total. The average molecular weight is 737 g/mol. The van der Waals surface area contributed by atoms with Crippen molar-refractivity contribution in [2.75, 3.05) is 24.1 Å². The SMILES string of the molecule is O=C(NC1CCCCC1)C(Cc1ccccc1)N(Cc1ccc(Cl)c(Cl)c1)C(=O)CN(c1ccc2c(c1)OCCO2)S(=O)(=O)c1ccccc1. The highest BCUT2D eigenvalue weighted by Crippen LogP contribution is 2.36. The van der Waals surface area contributed by atoms with Gasteiger partial charge < -0.3 is 19.7 Å². The van der Waals surface area contributed by atoms with Crippen molar-refractivity contribution in [2.24, 2.45) is 0 Å². The van der Waals surface area contributed by atoms with Crippen molar-refractivity contribution in [3.05, 3.63) is 118 Å². The highest BCUT2D eigenvalue weighted by molar-refractivity contribution is 7.92. The van der Waals surface area contributed by atoms with Crippen LogP contribution in [0, 0.1) is 0 Å². The minimum Gasteiger partial charge on any atom is -0.486 e. The molecule has 1 fully saturated rings. The summed E-state index contributed by atoms with van der Waals surface area (Å²) in [5, 5.41) is 3.86. The van der Waals surface area contributed by atoms with E-state index >= 15 is 0 Å². The van der Waals surface area contributed by atoms with Crippen molar-refractivity contribution < 1.29 is 27.5 Å². The van der Waals surface area contributed by atoms with Gasteiger partial charge in [0.1, 0.15) is 25.8 Å². The molecule has 2 aliphatic rings. The van der Waals surface area contributed by atoms with E-state index in [0.29, 0.717) is 40.3 Å². The Morgan fingerprint density at radius 3 is 2.16 bits per heavy atom. The number of carbonyl (C=O) groups excluding carboxylic acids is 2. The fourth-order valence-electron chi connectivity index (χ4n) is 6.37. The van der Waals surface area contributed by atoms with Gasteiger partial charge in [0.15, 0.2) is 11.5 Å². The van der Waals surface area contributed by atoms with E-state index in [9.17, 15) is 18.0 Å². The summed E-state index contributed by atoms with van der Waals surface area (Å²) in [7, 11) is -4.27. The molecule has 1 saturated carbocycles. The fraction of sp³-hybridized carbons (Fsp3) is 0.316. The maximum absolute atomic E-state index is 14.8. The van der Waals surface area contributed by atoms with Crippen LogP contribution in [0.5, 0.6) is 11.5 Å². The smallest absolute Gasteiger partial charge is 0.264 e. The van der Waals surface area contributed by atoms with E-state index in [1.54, 1.807) is 54.6 Å². The van der Waals surface area contributed by atoms with Crippen LogP contribution in [0.25, 0.3) is 0 Å². The Balaban J connectivity index is 1.41. The second-order valence-corrected chi connectivity index (χ2v) is 15.1. The molecule has 12 heteroatoms. The van der Waals surface area contributed by atoms with Gasteiger partial charge in [-0.25, -0.2) is 8.42 Å². The number of nitrogens with one attached hydrogen (secondary N) is 1. The standard InChI is InChI=1S/C38H39Cl2N3O6S/c39-32-18-16-28(22-33(32)40)25-42(34(23-27-10-4-1-5-11-27)38(45)41-29-12-6-2-7-13-29)37(44)26-43(50(46,47)31-14-8-3-9-15-31)30-17-19-35-36(24-30)49-21-20-48-35/h1,3-5,8-11,14-19,22,24,29,34H,2,6-7,12-13,20-21,23,25-26H2,(H,41,45). The number of hydrogen-bond donors (Lipinski definition) is 1. The zero-order chi connectivity index (χ0) is 35.1. The molecule has 50 heavy (non-hydrogen) atoms. The minimum absolute atomic E-state index is 0.00889. The molecular weight excluding hydrogens is 697 g/mol. The Labute approximate surface area is 303 Å². The zero-order valence-corrected chi connectivity index (χ0v) is 29.8. The summed E-state index contributed by atoms with van der Waals surface area (Å²) in [5.74, 6) is -0.0287. The van der Waals surface area contributed by atoms with Crippen LogP contribution in [-0.2, 0) is 32.6 Å². The summed E-state index contributed by atoms with van der Waals surface area (Å²) in [6.45, 7) is 0.0492. The molecular formula is C38H39Cl2N3O6S. The van der Waals surface area contributed by atoms with Gasteiger partial charge >= 0.3 is 0 Å². The lowest BCUT2D eigenvalue weighted by atomic mass is 9.94. The van der Waals surface area contributed by atoms with E-state index in [1.165, 1.54) is 17.0 Å². The monoisotopic (exact) mass is 735 g/mol. The summed E-state index contributed by atoms with van der Waals surface area (Å²) < 4.78 is 41.2. The van der Waals surface area contributed by atoms with Crippen LogP contribution in [0.2, 0.25) is 10.0 Å². The maximum atomic E-state index is 14.8. The summed E-state index contributed by atoms with van der Waals surface area (Å²) in [5.41, 5.74) is 1.70. The van der Waals surface area contributed by atoms with Gasteiger partial charge in [-0.2, -0.15) is 0 Å². The van der Waals surface area contributed by atoms with Crippen molar-refractivity contribution in [3.63, 3.8) is 0 Å². The van der Waals surface area contributed by atoms with Crippen LogP contribution in [-0.4, -0.2) is 57.0 Å². The van der Waals surface area contributed by atoms with Crippen LogP contribution in [0.1, 0.15) is 43.2 Å². The number of anilines is 1. The Hall–Kier alpha value is -4.25. The van der Waals surface area contributed by atoms with Crippen molar-refractivity contribution in [2.45, 2.75) is 62.0 Å². The van der Waals surface area contributed by atoms with Crippen molar-refractivity contribution in [1.29, 1.82) is 0 Å². The van der Waals surface area contributed by atoms with Crippen LogP contribution in [0.4, 0.5) is 5.69 Å². The van der Waals surface area contributed by atoms with Crippen LogP contribution < -0.4 is 19.1 Å². The van der Waals surface area contributed by atoms with Crippen LogP contribution >= 0.6 is 23.2 Å². The van der Waals surface area contributed by atoms with E-state index in [0.717, 1.165) is 42.0 Å². The summed E-state index contributed by atoms with van der Waals surface area (Å²) in [4.78, 5) is 30.6. The number of ether oxygens (including phenoxy) is 2. The fourth-order valence-corrected chi connectivity index (χ4v) is 8.12. The van der Waals surface area contributed by atoms with Gasteiger partial charge in [-0.1, -0.05) is 97.1 Å². The average Bonchev–Trinajstić information content (AvgIpc) is 3.14. The zero-order valence-electron chi connectivity index (χ0n) is 27.5. The number of nitrogens with zero attached hydrogens (tertiary/aromatic N) is 2. The maximum Gasteiger partial charge on any atom is 0.264 e. The molecule has 1 heterocycles. The summed E-state index contributed by atoms with van der Waals surface area (Å²) >= 11 is 12.6. The quantitative estimate of drug-likeness (QED) is 0.167. The van der Waals surface area contributed by atoms with Gasteiger partial charge in [0.05, 0.1) is 20.6 Å². The van der Waals surface area contributed by atoms with Gasteiger partial charge in [-0.05, 0) is 60.4 Å². The number of sulfonamides is 1. The van der Waals surface area contributed by atoms with Gasteiger partial charge in [0.25, 0.3) is 10.0 Å². The first-order chi connectivity index (χ1) is 24.2. The molecule has 1 unspecified atom stereocenters. The molecule has 0 bridgehead atoms. The molecule has 4 aromatic carbocycles. The van der Waals surface area contributed by atoms with Gasteiger partial charge in [-0.3, -0.25) is 13.9 Å². The van der Waals surface area contributed by atoms with Crippen molar-refractivity contribution in [1.82, 2.24) is 10.2 Å². The molecule has 0 aromatic heterocycles. The molecule has 2 amide bonds. The lowest BCUT2D eigenvalue weighted by Crippen LogP contribution is -2.55. The molecule has 262 valence electrons. The molecule has 9 nitrogen and oxygen atoms in total. The second kappa shape index (κ2) is 16.2. The first-order valence-corrected chi connectivity index (χ1v) is 18.9. The Morgan fingerprint density at radius 2 is 1.46 bits per heavy atom. The number of benzene rings is 4. The lowest BCUT2D eigenvalue weighted by Gasteiger charge is -2.35. The Morgan fingerprint density at radius 1 is 0.780 bits per heavy atom. The third kappa shape index (κ3) is 8.54. The third-order valence-corrected chi connectivity index (χ3v) is 11.5. The largest absolute Gasteiger partial charge is 0.486 e. The Bertz CT molecular complexity index is 1910. The van der Waals surface area contributed by atoms with E-state index < -0.39 is 28.5 Å².